The highest BCUT2D eigenvalue weighted by Gasteiger charge is 2.20. The molecule has 1 aliphatic rings. The van der Waals surface area contributed by atoms with Crippen LogP contribution in [0.5, 0.6) is 11.5 Å². The van der Waals surface area contributed by atoms with Crippen LogP contribution in [0.1, 0.15) is 12.5 Å². The lowest BCUT2D eigenvalue weighted by Crippen LogP contribution is -2.39. The second-order valence-electron chi connectivity index (χ2n) is 5.75. The maximum absolute atomic E-state index is 13.6. The van der Waals surface area contributed by atoms with Crippen LogP contribution in [-0.4, -0.2) is 30.7 Å². The Labute approximate surface area is 140 Å². The molecule has 1 amide bonds. The van der Waals surface area contributed by atoms with Crippen LogP contribution in [0, 0.1) is 5.82 Å². The fourth-order valence-electron chi connectivity index (χ4n) is 2.46. The van der Waals surface area contributed by atoms with Crippen LogP contribution >= 0.6 is 0 Å². The maximum atomic E-state index is 13.6. The molecule has 2 aromatic carbocycles. The quantitative estimate of drug-likeness (QED) is 0.916. The van der Waals surface area contributed by atoms with E-state index in [4.69, 9.17) is 9.47 Å². The average Bonchev–Trinajstić information content (AvgIpc) is 3.03. The summed E-state index contributed by atoms with van der Waals surface area (Å²) in [5, 5.41) is 2.62. The molecule has 1 heterocycles. The topological polar surface area (TPSA) is 50.8 Å². The first-order chi connectivity index (χ1) is 11.5. The molecule has 1 unspecified atom stereocenters. The van der Waals surface area contributed by atoms with Gasteiger partial charge in [0.2, 0.25) is 12.7 Å². The third kappa shape index (κ3) is 3.49. The summed E-state index contributed by atoms with van der Waals surface area (Å²) in [5.74, 6) is 0.732. The first-order valence-corrected chi connectivity index (χ1v) is 7.69. The van der Waals surface area contributed by atoms with Crippen molar-refractivity contribution in [2.24, 2.45) is 0 Å². The summed E-state index contributed by atoms with van der Waals surface area (Å²) in [6.45, 7) is 2.57. The predicted octanol–water partition coefficient (Wildman–Crippen LogP) is 3.01. The van der Waals surface area contributed by atoms with Gasteiger partial charge in [-0.15, -0.1) is 0 Å². The molecule has 0 spiro atoms. The number of amides is 1. The van der Waals surface area contributed by atoms with Gasteiger partial charge < -0.3 is 14.8 Å². The number of para-hydroxylation sites is 1. The zero-order valence-electron chi connectivity index (χ0n) is 13.6. The van der Waals surface area contributed by atoms with Crippen LogP contribution in [0.4, 0.5) is 10.1 Å². The van der Waals surface area contributed by atoms with Crippen molar-refractivity contribution in [1.29, 1.82) is 0 Å². The number of halogens is 1. The Morgan fingerprint density at radius 3 is 2.79 bits per heavy atom. The molecule has 5 nitrogen and oxygen atoms in total. The van der Waals surface area contributed by atoms with Crippen LogP contribution < -0.4 is 14.8 Å². The maximum Gasteiger partial charge on any atom is 0.241 e. The normalized spacial score (nSPS) is 13.8. The standard InChI is InChI=1S/C18H19FN2O3/c1-12(18(22)20-15-6-4-3-5-14(15)19)21(2)10-13-7-8-16-17(9-13)24-11-23-16/h3-9,12H,10-11H2,1-2H3,(H,20,22). The molecular formula is C18H19FN2O3. The number of hydrogen-bond acceptors (Lipinski definition) is 4. The SMILES string of the molecule is CC(C(=O)Nc1ccccc1F)N(C)Cc1ccc2c(c1)OCO2. The zero-order valence-corrected chi connectivity index (χ0v) is 13.6. The molecule has 2 aromatic rings. The molecule has 0 aromatic heterocycles. The van der Waals surface area contributed by atoms with Gasteiger partial charge in [0.05, 0.1) is 11.7 Å². The van der Waals surface area contributed by atoms with Crippen molar-refractivity contribution in [3.8, 4) is 11.5 Å². The minimum atomic E-state index is -0.448. The van der Waals surface area contributed by atoms with E-state index in [1.54, 1.807) is 19.1 Å². The van der Waals surface area contributed by atoms with E-state index < -0.39 is 11.9 Å². The Morgan fingerprint density at radius 1 is 1.25 bits per heavy atom. The lowest BCUT2D eigenvalue weighted by atomic mass is 10.1. The zero-order chi connectivity index (χ0) is 17.1. The number of likely N-dealkylation sites (N-methyl/N-ethyl adjacent to an activating group) is 1. The molecule has 0 saturated heterocycles. The fraction of sp³-hybridized carbons (Fsp3) is 0.278. The van der Waals surface area contributed by atoms with Crippen LogP contribution in [0.15, 0.2) is 42.5 Å². The van der Waals surface area contributed by atoms with Gasteiger partial charge in [-0.05, 0) is 43.8 Å². The van der Waals surface area contributed by atoms with Gasteiger partial charge in [-0.1, -0.05) is 18.2 Å². The molecule has 126 valence electrons. The van der Waals surface area contributed by atoms with Gasteiger partial charge in [0.1, 0.15) is 5.82 Å². The van der Waals surface area contributed by atoms with Crippen molar-refractivity contribution >= 4 is 11.6 Å². The van der Waals surface area contributed by atoms with E-state index in [1.807, 2.05) is 30.1 Å². The highest BCUT2D eigenvalue weighted by molar-refractivity contribution is 5.94. The average molecular weight is 330 g/mol. The molecule has 1 aliphatic heterocycles. The third-order valence-electron chi connectivity index (χ3n) is 4.04. The predicted molar refractivity (Wildman–Crippen MR) is 88.5 cm³/mol. The molecule has 0 bridgehead atoms. The number of hydrogen-bond donors (Lipinski definition) is 1. The van der Waals surface area contributed by atoms with Crippen molar-refractivity contribution in [2.75, 3.05) is 19.2 Å². The second-order valence-corrected chi connectivity index (χ2v) is 5.75. The first kappa shape index (κ1) is 16.3. The third-order valence-corrected chi connectivity index (χ3v) is 4.04. The summed E-state index contributed by atoms with van der Waals surface area (Å²) in [4.78, 5) is 14.2. The van der Waals surface area contributed by atoms with Gasteiger partial charge in [0, 0.05) is 6.54 Å². The van der Waals surface area contributed by atoms with Crippen LogP contribution in [0.2, 0.25) is 0 Å². The molecule has 0 saturated carbocycles. The highest BCUT2D eigenvalue weighted by Crippen LogP contribution is 2.32. The molecule has 3 rings (SSSR count). The monoisotopic (exact) mass is 330 g/mol. The summed E-state index contributed by atoms with van der Waals surface area (Å²) in [7, 11) is 1.84. The number of anilines is 1. The molecule has 1 N–H and O–H groups in total. The summed E-state index contributed by atoms with van der Waals surface area (Å²) in [6.07, 6.45) is 0. The minimum Gasteiger partial charge on any atom is -0.454 e. The number of nitrogens with one attached hydrogen (secondary N) is 1. The van der Waals surface area contributed by atoms with E-state index in [9.17, 15) is 9.18 Å². The molecule has 24 heavy (non-hydrogen) atoms. The van der Waals surface area contributed by atoms with Crippen molar-refractivity contribution in [2.45, 2.75) is 19.5 Å². The number of ether oxygens (including phenoxy) is 2. The molecule has 6 heteroatoms. The number of fused-ring (bicyclic) bond motifs is 1. The second kappa shape index (κ2) is 6.88. The minimum absolute atomic E-state index is 0.186. The molecular weight excluding hydrogens is 311 g/mol. The number of carbonyl (C=O) groups excluding carboxylic acids is 1. The largest absolute Gasteiger partial charge is 0.454 e. The Morgan fingerprint density at radius 2 is 2.00 bits per heavy atom. The van der Waals surface area contributed by atoms with Gasteiger partial charge in [0.15, 0.2) is 11.5 Å². The summed E-state index contributed by atoms with van der Waals surface area (Å²) in [5.41, 5.74) is 1.19. The number of benzene rings is 2. The number of nitrogens with zero attached hydrogens (tertiary/aromatic N) is 1. The van der Waals surface area contributed by atoms with Crippen LogP contribution in [0.3, 0.4) is 0 Å². The van der Waals surface area contributed by atoms with Crippen molar-refractivity contribution in [1.82, 2.24) is 4.90 Å². The number of rotatable bonds is 5. The van der Waals surface area contributed by atoms with Gasteiger partial charge in [-0.2, -0.15) is 0 Å². The van der Waals surface area contributed by atoms with E-state index in [-0.39, 0.29) is 18.4 Å². The Kier molecular flexibility index (Phi) is 4.66. The van der Waals surface area contributed by atoms with Gasteiger partial charge in [0.25, 0.3) is 0 Å². The first-order valence-electron chi connectivity index (χ1n) is 7.69. The highest BCUT2D eigenvalue weighted by atomic mass is 19.1. The van der Waals surface area contributed by atoms with Gasteiger partial charge >= 0.3 is 0 Å². The van der Waals surface area contributed by atoms with E-state index in [0.29, 0.717) is 12.3 Å². The van der Waals surface area contributed by atoms with E-state index >= 15 is 0 Å². The Hall–Kier alpha value is -2.60. The Balaban J connectivity index is 1.63. The smallest absolute Gasteiger partial charge is 0.241 e. The van der Waals surface area contributed by atoms with Gasteiger partial charge in [-0.25, -0.2) is 4.39 Å². The van der Waals surface area contributed by atoms with Crippen molar-refractivity contribution in [3.05, 3.63) is 53.8 Å². The lowest BCUT2D eigenvalue weighted by Gasteiger charge is -2.24. The molecule has 0 aliphatic carbocycles. The van der Waals surface area contributed by atoms with Crippen molar-refractivity contribution < 1.29 is 18.7 Å². The number of carbonyl (C=O) groups is 1. The summed E-state index contributed by atoms with van der Waals surface area (Å²) < 4.78 is 24.3. The van der Waals surface area contributed by atoms with Crippen LogP contribution in [0.25, 0.3) is 0 Å². The fourth-order valence-corrected chi connectivity index (χ4v) is 2.46. The van der Waals surface area contributed by atoms with E-state index in [2.05, 4.69) is 5.32 Å². The summed E-state index contributed by atoms with van der Waals surface area (Å²) >= 11 is 0. The van der Waals surface area contributed by atoms with Gasteiger partial charge in [-0.3, -0.25) is 9.69 Å². The molecule has 0 fully saturated rings. The van der Waals surface area contributed by atoms with Crippen molar-refractivity contribution in [3.63, 3.8) is 0 Å². The molecule has 0 radical (unpaired) electrons. The van der Waals surface area contributed by atoms with E-state index in [1.165, 1.54) is 12.1 Å². The Bertz CT molecular complexity index is 751. The molecule has 1 atom stereocenters. The summed E-state index contributed by atoms with van der Waals surface area (Å²) in [6, 6.07) is 11.4. The van der Waals surface area contributed by atoms with Crippen LogP contribution in [-0.2, 0) is 11.3 Å². The van der Waals surface area contributed by atoms with E-state index in [0.717, 1.165) is 11.3 Å². The lowest BCUT2D eigenvalue weighted by molar-refractivity contribution is -0.120.